The van der Waals surface area contributed by atoms with E-state index in [1.165, 1.54) is 5.56 Å². The highest BCUT2D eigenvalue weighted by atomic mass is 35.5. The van der Waals surface area contributed by atoms with Gasteiger partial charge in [-0.1, -0.05) is 23.7 Å². The molecule has 0 saturated carbocycles. The van der Waals surface area contributed by atoms with Crippen LogP contribution in [0.25, 0.3) is 11.3 Å². The van der Waals surface area contributed by atoms with Crippen molar-refractivity contribution in [3.63, 3.8) is 0 Å². The second-order valence-corrected chi connectivity index (χ2v) is 7.62. The van der Waals surface area contributed by atoms with Gasteiger partial charge in [0.15, 0.2) is 0 Å². The van der Waals surface area contributed by atoms with Crippen LogP contribution in [0.15, 0.2) is 59.4 Å². The fraction of sp³-hybridized carbons (Fsp3) is 0.261. The number of halogens is 1. The average molecular weight is 410 g/mol. The minimum absolute atomic E-state index is 0.160. The van der Waals surface area contributed by atoms with E-state index in [9.17, 15) is 0 Å². The van der Waals surface area contributed by atoms with E-state index in [2.05, 4.69) is 40.5 Å². The molecule has 0 radical (unpaired) electrons. The van der Waals surface area contributed by atoms with Crippen molar-refractivity contribution in [2.24, 2.45) is 16.5 Å². The SMILES string of the molecule is CN=CC(=CN)c1ccc2c(c1)C(N(C)c1ccc(Cl)cc1)CCN/C2=C(/C)N. The van der Waals surface area contributed by atoms with E-state index in [1.54, 1.807) is 19.5 Å². The maximum Gasteiger partial charge on any atom is 0.0605 e. The Morgan fingerprint density at radius 2 is 1.97 bits per heavy atom. The van der Waals surface area contributed by atoms with Crippen molar-refractivity contribution in [3.05, 3.63) is 76.1 Å². The number of nitrogens with zero attached hydrogens (tertiary/aromatic N) is 2. The molecule has 0 aliphatic carbocycles. The van der Waals surface area contributed by atoms with Crippen LogP contribution >= 0.6 is 11.6 Å². The van der Waals surface area contributed by atoms with Gasteiger partial charge in [-0.25, -0.2) is 0 Å². The Bertz CT molecular complexity index is 956. The topological polar surface area (TPSA) is 79.7 Å². The lowest BCUT2D eigenvalue weighted by atomic mass is 9.92. The largest absolute Gasteiger partial charge is 0.404 e. The Hall–Kier alpha value is -2.92. The number of benzene rings is 2. The average Bonchev–Trinajstić information content (AvgIpc) is 2.91. The third kappa shape index (κ3) is 4.40. The van der Waals surface area contributed by atoms with Crippen LogP contribution in [0.3, 0.4) is 0 Å². The van der Waals surface area contributed by atoms with Crippen molar-refractivity contribution < 1.29 is 0 Å². The van der Waals surface area contributed by atoms with Gasteiger partial charge in [0.1, 0.15) is 0 Å². The van der Waals surface area contributed by atoms with Gasteiger partial charge in [0.05, 0.1) is 11.7 Å². The van der Waals surface area contributed by atoms with Crippen LogP contribution in [0.4, 0.5) is 5.69 Å². The maximum absolute atomic E-state index is 6.21. The second-order valence-electron chi connectivity index (χ2n) is 7.19. The Morgan fingerprint density at radius 3 is 2.59 bits per heavy atom. The van der Waals surface area contributed by atoms with Crippen LogP contribution in [0.5, 0.6) is 0 Å². The molecule has 0 spiro atoms. The fourth-order valence-corrected chi connectivity index (χ4v) is 3.92. The van der Waals surface area contributed by atoms with Gasteiger partial charge in [0.25, 0.3) is 0 Å². The lowest BCUT2D eigenvalue weighted by molar-refractivity contribution is 0.610. The summed E-state index contributed by atoms with van der Waals surface area (Å²) in [5.41, 5.74) is 19.2. The lowest BCUT2D eigenvalue weighted by Gasteiger charge is -2.31. The van der Waals surface area contributed by atoms with Crippen molar-refractivity contribution in [2.75, 3.05) is 25.5 Å². The summed E-state index contributed by atoms with van der Waals surface area (Å²) >= 11 is 6.09. The molecule has 2 aromatic rings. The van der Waals surface area contributed by atoms with Crippen LogP contribution in [0.2, 0.25) is 5.02 Å². The zero-order chi connectivity index (χ0) is 21.0. The predicted molar refractivity (Wildman–Crippen MR) is 125 cm³/mol. The van der Waals surface area contributed by atoms with E-state index in [0.29, 0.717) is 0 Å². The highest BCUT2D eigenvalue weighted by molar-refractivity contribution is 6.30. The molecule has 152 valence electrons. The quantitative estimate of drug-likeness (QED) is 0.662. The standard InChI is InChI=1S/C23H28ClN5/c1-15(26)23-20-9-4-16(17(13-25)14-27-2)12-21(20)22(10-11-28-23)29(3)19-7-5-18(24)6-8-19/h4-9,12-14,22,28H,10-11,25-26H2,1-3H3/b17-13?,23-15-,27-14?. The van der Waals surface area contributed by atoms with E-state index < -0.39 is 0 Å². The summed E-state index contributed by atoms with van der Waals surface area (Å²) in [6.07, 6.45) is 4.29. The van der Waals surface area contributed by atoms with E-state index >= 15 is 0 Å². The normalized spacial score (nSPS) is 18.8. The first kappa shape index (κ1) is 20.8. The van der Waals surface area contributed by atoms with E-state index in [-0.39, 0.29) is 6.04 Å². The van der Waals surface area contributed by atoms with Crippen molar-refractivity contribution in [3.8, 4) is 0 Å². The van der Waals surface area contributed by atoms with Gasteiger partial charge in [0.2, 0.25) is 0 Å². The van der Waals surface area contributed by atoms with Gasteiger partial charge >= 0.3 is 0 Å². The molecule has 5 N–H and O–H groups in total. The van der Waals surface area contributed by atoms with Gasteiger partial charge in [-0.05, 0) is 54.8 Å². The van der Waals surface area contributed by atoms with Crippen LogP contribution in [0.1, 0.15) is 36.1 Å². The molecular formula is C23H28ClN5. The summed E-state index contributed by atoms with van der Waals surface area (Å²) in [7, 11) is 3.86. The van der Waals surface area contributed by atoms with Gasteiger partial charge in [-0.2, -0.15) is 0 Å². The number of hydrogen-bond donors (Lipinski definition) is 3. The molecule has 6 heteroatoms. The summed E-state index contributed by atoms with van der Waals surface area (Å²) < 4.78 is 0. The molecule has 1 aliphatic rings. The summed E-state index contributed by atoms with van der Waals surface area (Å²) in [6, 6.07) is 14.5. The van der Waals surface area contributed by atoms with Crippen molar-refractivity contribution in [1.29, 1.82) is 0 Å². The van der Waals surface area contributed by atoms with Gasteiger partial charge in [-0.15, -0.1) is 0 Å². The Balaban J connectivity index is 2.15. The molecule has 2 aromatic carbocycles. The first-order valence-electron chi connectivity index (χ1n) is 9.63. The number of allylic oxidation sites excluding steroid dienone is 2. The van der Waals surface area contributed by atoms with Crippen LogP contribution in [-0.2, 0) is 0 Å². The highest BCUT2D eigenvalue weighted by Crippen LogP contribution is 2.37. The molecule has 29 heavy (non-hydrogen) atoms. The molecule has 0 fully saturated rings. The summed E-state index contributed by atoms with van der Waals surface area (Å²) in [6.45, 7) is 2.75. The monoisotopic (exact) mass is 409 g/mol. The minimum Gasteiger partial charge on any atom is -0.404 e. The first-order valence-corrected chi connectivity index (χ1v) is 10.0. The highest BCUT2D eigenvalue weighted by Gasteiger charge is 2.26. The number of rotatable bonds is 4. The molecule has 1 unspecified atom stereocenters. The Labute approximate surface area is 177 Å². The van der Waals surface area contributed by atoms with Gasteiger partial charge in [0, 0.05) is 60.6 Å². The summed E-state index contributed by atoms with van der Waals surface area (Å²) in [5, 5.41) is 4.24. The zero-order valence-corrected chi connectivity index (χ0v) is 17.9. The van der Waals surface area contributed by atoms with Crippen LogP contribution in [0, 0.1) is 0 Å². The summed E-state index contributed by atoms with van der Waals surface area (Å²) in [5.74, 6) is 0. The van der Waals surface area contributed by atoms with Crippen LogP contribution in [-0.4, -0.2) is 26.9 Å². The maximum atomic E-state index is 6.21. The number of nitrogens with one attached hydrogen (secondary N) is 1. The third-order valence-corrected chi connectivity index (χ3v) is 5.53. The zero-order valence-electron chi connectivity index (χ0n) is 17.1. The number of fused-ring (bicyclic) bond motifs is 1. The van der Waals surface area contributed by atoms with E-state index in [4.69, 9.17) is 23.1 Å². The van der Waals surface area contributed by atoms with Crippen molar-refractivity contribution in [2.45, 2.75) is 19.4 Å². The Kier molecular flexibility index (Phi) is 6.49. The molecule has 1 heterocycles. The minimum atomic E-state index is 0.160. The summed E-state index contributed by atoms with van der Waals surface area (Å²) in [4.78, 5) is 6.42. The number of hydrogen-bond acceptors (Lipinski definition) is 5. The van der Waals surface area contributed by atoms with Crippen LogP contribution < -0.4 is 21.7 Å². The fourth-order valence-electron chi connectivity index (χ4n) is 3.79. The second kappa shape index (κ2) is 9.05. The molecule has 0 saturated heterocycles. The molecular weight excluding hydrogens is 382 g/mol. The van der Waals surface area contributed by atoms with Gasteiger partial charge < -0.3 is 21.7 Å². The molecule has 5 nitrogen and oxygen atoms in total. The lowest BCUT2D eigenvalue weighted by Crippen LogP contribution is -2.25. The van der Waals surface area contributed by atoms with E-state index in [0.717, 1.165) is 51.8 Å². The molecule has 1 aliphatic heterocycles. The first-order chi connectivity index (χ1) is 14.0. The number of aliphatic imine (C=N–C) groups is 1. The third-order valence-electron chi connectivity index (χ3n) is 5.28. The molecule has 0 amide bonds. The molecule has 0 aromatic heterocycles. The van der Waals surface area contributed by atoms with Gasteiger partial charge in [-0.3, -0.25) is 4.99 Å². The van der Waals surface area contributed by atoms with Crippen molar-refractivity contribution >= 4 is 34.8 Å². The smallest absolute Gasteiger partial charge is 0.0605 e. The predicted octanol–water partition coefficient (Wildman–Crippen LogP) is 4.16. The number of nitrogens with two attached hydrogens (primary N) is 2. The van der Waals surface area contributed by atoms with E-state index in [1.807, 2.05) is 31.2 Å². The molecule has 0 bridgehead atoms. The Morgan fingerprint density at radius 1 is 1.24 bits per heavy atom. The van der Waals surface area contributed by atoms with Crippen molar-refractivity contribution in [1.82, 2.24) is 5.32 Å². The number of anilines is 1. The molecule has 1 atom stereocenters. The molecule has 3 rings (SSSR count).